The Hall–Kier alpha value is -1.05. The molecule has 2 nitrogen and oxygen atoms in total. The van der Waals surface area contributed by atoms with Crippen molar-refractivity contribution in [2.24, 2.45) is 0 Å². The molecule has 0 unspecified atom stereocenters. The van der Waals surface area contributed by atoms with Crippen molar-refractivity contribution < 1.29 is 4.57 Å². The lowest BCUT2D eigenvalue weighted by Gasteiger charge is -2.02. The lowest BCUT2D eigenvalue weighted by atomic mass is 10.1. The summed E-state index contributed by atoms with van der Waals surface area (Å²) >= 11 is 0. The van der Waals surface area contributed by atoms with Gasteiger partial charge in [-0.15, -0.1) is 0 Å². The third-order valence-electron chi connectivity index (χ3n) is 3.94. The van der Waals surface area contributed by atoms with E-state index in [4.69, 9.17) is 0 Å². The zero-order valence-electron chi connectivity index (χ0n) is 13.4. The summed E-state index contributed by atoms with van der Waals surface area (Å²) in [6, 6.07) is 0. The first-order valence-electron chi connectivity index (χ1n) is 8.56. The molecule has 0 aromatic carbocycles. The number of imidazole rings is 1. The van der Waals surface area contributed by atoms with Crippen LogP contribution in [-0.2, 0) is 6.54 Å². The molecule has 0 atom stereocenters. The lowest BCUT2D eigenvalue weighted by Crippen LogP contribution is -2.30. The van der Waals surface area contributed by atoms with Crippen LogP contribution in [-0.4, -0.2) is 4.57 Å². The summed E-state index contributed by atoms with van der Waals surface area (Å²) in [5.74, 6) is 0. The monoisotopic (exact) mass is 277 g/mol. The molecule has 0 saturated heterocycles. The number of aryl methyl sites for hydroxylation is 1. The fourth-order valence-electron chi connectivity index (χ4n) is 2.61. The van der Waals surface area contributed by atoms with E-state index in [0.717, 1.165) is 6.54 Å². The molecule has 1 heterocycles. The summed E-state index contributed by atoms with van der Waals surface area (Å²) in [4.78, 5) is 0. The number of unbranched alkanes of at least 4 members (excludes halogenated alkanes) is 10. The second-order valence-corrected chi connectivity index (χ2v) is 5.82. The molecule has 0 aliphatic heterocycles. The van der Waals surface area contributed by atoms with Crippen LogP contribution in [0.25, 0.3) is 6.20 Å². The molecule has 0 fully saturated rings. The zero-order chi connectivity index (χ0) is 14.5. The van der Waals surface area contributed by atoms with Gasteiger partial charge in [0.2, 0.25) is 6.33 Å². The standard InChI is InChI=1S/C18H33N2/c1-3-5-6-7-8-9-10-11-12-13-14-15-20-17-16-19(4-2)18-20/h4,16-18H,2-3,5-15H2,1H3/q+1. The van der Waals surface area contributed by atoms with E-state index in [0.29, 0.717) is 0 Å². The van der Waals surface area contributed by atoms with Gasteiger partial charge in [0.25, 0.3) is 0 Å². The summed E-state index contributed by atoms with van der Waals surface area (Å²) in [5.41, 5.74) is 0. The minimum atomic E-state index is 1.14. The van der Waals surface area contributed by atoms with Crippen molar-refractivity contribution >= 4 is 6.20 Å². The average Bonchev–Trinajstić information content (AvgIpc) is 2.93. The fourth-order valence-corrected chi connectivity index (χ4v) is 2.61. The lowest BCUT2D eigenvalue weighted by molar-refractivity contribution is -0.696. The second-order valence-electron chi connectivity index (χ2n) is 5.82. The summed E-state index contributed by atoms with van der Waals surface area (Å²) in [6.07, 6.45) is 23.6. The van der Waals surface area contributed by atoms with E-state index < -0.39 is 0 Å². The van der Waals surface area contributed by atoms with E-state index in [9.17, 15) is 0 Å². The maximum Gasteiger partial charge on any atom is 0.248 e. The van der Waals surface area contributed by atoms with Gasteiger partial charge in [0, 0.05) is 0 Å². The Morgan fingerprint density at radius 2 is 1.45 bits per heavy atom. The number of hydrogen-bond donors (Lipinski definition) is 0. The highest BCUT2D eigenvalue weighted by Crippen LogP contribution is 2.11. The van der Waals surface area contributed by atoms with Gasteiger partial charge in [-0.05, 0) is 12.8 Å². The molecule has 0 radical (unpaired) electrons. The maximum atomic E-state index is 3.76. The van der Waals surface area contributed by atoms with E-state index in [1.165, 1.54) is 70.6 Å². The molecular formula is C18H33N2+. The molecule has 1 aromatic rings. The molecule has 0 saturated carbocycles. The van der Waals surface area contributed by atoms with Crippen LogP contribution in [0.15, 0.2) is 25.3 Å². The first-order valence-corrected chi connectivity index (χ1v) is 8.56. The predicted octanol–water partition coefficient (Wildman–Crippen LogP) is 5.19. The van der Waals surface area contributed by atoms with Crippen LogP contribution in [0, 0.1) is 0 Å². The van der Waals surface area contributed by atoms with Gasteiger partial charge in [-0.2, -0.15) is 0 Å². The van der Waals surface area contributed by atoms with Crippen molar-refractivity contribution in [3.05, 3.63) is 25.3 Å². The van der Waals surface area contributed by atoms with Gasteiger partial charge in [-0.25, -0.2) is 9.13 Å². The van der Waals surface area contributed by atoms with Gasteiger partial charge in [0.15, 0.2) is 0 Å². The number of aromatic nitrogens is 2. The molecule has 0 amide bonds. The minimum absolute atomic E-state index is 1.14. The minimum Gasteiger partial charge on any atom is -0.236 e. The average molecular weight is 277 g/mol. The smallest absolute Gasteiger partial charge is 0.236 e. The van der Waals surface area contributed by atoms with Crippen molar-refractivity contribution in [2.45, 2.75) is 84.1 Å². The quantitative estimate of drug-likeness (QED) is 0.347. The SMILES string of the molecule is C=Cn1cc[n+](CCCCCCCCCCCCC)c1. The maximum absolute atomic E-state index is 3.76. The van der Waals surface area contributed by atoms with E-state index >= 15 is 0 Å². The molecule has 20 heavy (non-hydrogen) atoms. The Bertz CT molecular complexity index is 341. The second kappa shape index (κ2) is 11.7. The number of rotatable bonds is 13. The predicted molar refractivity (Wildman–Crippen MR) is 87.5 cm³/mol. The molecule has 114 valence electrons. The normalized spacial score (nSPS) is 10.8. The van der Waals surface area contributed by atoms with Crippen molar-refractivity contribution in [2.75, 3.05) is 0 Å². The Kier molecular flexibility index (Phi) is 9.99. The molecule has 1 rings (SSSR count). The van der Waals surface area contributed by atoms with Gasteiger partial charge in [0.1, 0.15) is 12.4 Å². The fraction of sp³-hybridized carbons (Fsp3) is 0.722. The molecule has 0 N–H and O–H groups in total. The number of nitrogens with zero attached hydrogens (tertiary/aromatic N) is 2. The molecule has 0 spiro atoms. The third-order valence-corrected chi connectivity index (χ3v) is 3.94. The molecular weight excluding hydrogens is 244 g/mol. The van der Waals surface area contributed by atoms with Crippen LogP contribution < -0.4 is 4.57 Å². The summed E-state index contributed by atoms with van der Waals surface area (Å²) in [6.45, 7) is 7.17. The highest BCUT2D eigenvalue weighted by Gasteiger charge is 2.00. The van der Waals surface area contributed by atoms with Crippen LogP contribution in [0.5, 0.6) is 0 Å². The largest absolute Gasteiger partial charge is 0.248 e. The molecule has 2 heteroatoms. The summed E-state index contributed by atoms with van der Waals surface area (Å²) in [7, 11) is 0. The van der Waals surface area contributed by atoms with Crippen LogP contribution in [0.3, 0.4) is 0 Å². The zero-order valence-corrected chi connectivity index (χ0v) is 13.4. The van der Waals surface area contributed by atoms with Gasteiger partial charge in [-0.3, -0.25) is 0 Å². The highest BCUT2D eigenvalue weighted by atomic mass is 15.1. The van der Waals surface area contributed by atoms with Gasteiger partial charge in [0.05, 0.1) is 12.7 Å². The molecule has 0 bridgehead atoms. The summed E-state index contributed by atoms with van der Waals surface area (Å²) in [5, 5.41) is 0. The van der Waals surface area contributed by atoms with Crippen molar-refractivity contribution in [1.82, 2.24) is 4.57 Å². The van der Waals surface area contributed by atoms with Crippen LogP contribution in [0.1, 0.15) is 77.6 Å². The van der Waals surface area contributed by atoms with E-state index in [1.54, 1.807) is 0 Å². The first kappa shape index (κ1) is 17.0. The van der Waals surface area contributed by atoms with Gasteiger partial charge < -0.3 is 0 Å². The van der Waals surface area contributed by atoms with Gasteiger partial charge >= 0.3 is 0 Å². The molecule has 0 aliphatic rings. The van der Waals surface area contributed by atoms with Crippen molar-refractivity contribution in [3.8, 4) is 0 Å². The van der Waals surface area contributed by atoms with Crippen LogP contribution in [0.2, 0.25) is 0 Å². The topological polar surface area (TPSA) is 8.81 Å². The van der Waals surface area contributed by atoms with E-state index in [1.807, 2.05) is 17.0 Å². The van der Waals surface area contributed by atoms with Crippen LogP contribution in [0.4, 0.5) is 0 Å². The molecule has 0 aliphatic carbocycles. The van der Waals surface area contributed by atoms with Crippen molar-refractivity contribution in [1.29, 1.82) is 0 Å². The Morgan fingerprint density at radius 3 is 1.95 bits per heavy atom. The van der Waals surface area contributed by atoms with Crippen LogP contribution >= 0.6 is 0 Å². The third kappa shape index (κ3) is 8.19. The van der Waals surface area contributed by atoms with E-state index in [-0.39, 0.29) is 0 Å². The Morgan fingerprint density at radius 1 is 0.900 bits per heavy atom. The highest BCUT2D eigenvalue weighted by molar-refractivity contribution is 5.12. The molecule has 1 aromatic heterocycles. The van der Waals surface area contributed by atoms with Crippen molar-refractivity contribution in [3.63, 3.8) is 0 Å². The van der Waals surface area contributed by atoms with E-state index in [2.05, 4.69) is 30.6 Å². The Labute approximate surface area is 125 Å². The number of hydrogen-bond acceptors (Lipinski definition) is 0. The van der Waals surface area contributed by atoms with Gasteiger partial charge in [-0.1, -0.05) is 71.3 Å². The first-order chi connectivity index (χ1) is 9.86. The summed E-state index contributed by atoms with van der Waals surface area (Å²) < 4.78 is 4.24. The Balaban J connectivity index is 1.84.